The zero-order valence-corrected chi connectivity index (χ0v) is 19.6. The van der Waals surface area contributed by atoms with Gasteiger partial charge in [-0.2, -0.15) is 0 Å². The topological polar surface area (TPSA) is 108 Å². The predicted octanol–water partition coefficient (Wildman–Crippen LogP) is 4.38. The SMILES string of the molecule is CCc1ccc(NS(=O)(=O)c2ccc3[nH]cc(C(=O)N[C@H](C)c4ccccc4)c(=O)c3c2)cc1. The van der Waals surface area contributed by atoms with E-state index < -0.39 is 21.4 Å². The Morgan fingerprint density at radius 3 is 2.38 bits per heavy atom. The van der Waals surface area contributed by atoms with Gasteiger partial charge in [0.15, 0.2) is 0 Å². The molecule has 0 fully saturated rings. The van der Waals surface area contributed by atoms with E-state index in [1.54, 1.807) is 12.1 Å². The van der Waals surface area contributed by atoms with Crippen molar-refractivity contribution in [1.82, 2.24) is 10.3 Å². The Morgan fingerprint density at radius 2 is 1.71 bits per heavy atom. The predicted molar refractivity (Wildman–Crippen MR) is 134 cm³/mol. The van der Waals surface area contributed by atoms with Gasteiger partial charge in [0, 0.05) is 22.8 Å². The minimum atomic E-state index is -3.93. The van der Waals surface area contributed by atoms with Gasteiger partial charge in [-0.25, -0.2) is 8.42 Å². The number of fused-ring (bicyclic) bond motifs is 1. The molecule has 8 heteroatoms. The van der Waals surface area contributed by atoms with Gasteiger partial charge in [0.25, 0.3) is 15.9 Å². The van der Waals surface area contributed by atoms with Crippen molar-refractivity contribution in [3.63, 3.8) is 0 Å². The fourth-order valence-electron chi connectivity index (χ4n) is 3.66. The maximum absolute atomic E-state index is 13.1. The number of aromatic nitrogens is 1. The number of benzene rings is 3. The van der Waals surface area contributed by atoms with Crippen molar-refractivity contribution in [2.75, 3.05) is 4.72 Å². The monoisotopic (exact) mass is 475 g/mol. The molecule has 0 bridgehead atoms. The third-order valence-electron chi connectivity index (χ3n) is 5.67. The summed E-state index contributed by atoms with van der Waals surface area (Å²) in [4.78, 5) is 28.8. The highest BCUT2D eigenvalue weighted by molar-refractivity contribution is 7.92. The average molecular weight is 476 g/mol. The molecule has 0 aliphatic heterocycles. The number of nitrogens with one attached hydrogen (secondary N) is 3. The molecule has 0 unspecified atom stereocenters. The molecule has 0 spiro atoms. The van der Waals surface area contributed by atoms with Crippen molar-refractivity contribution < 1.29 is 13.2 Å². The molecular formula is C26H25N3O4S. The standard InChI is InChI=1S/C26H25N3O4S/c1-3-18-9-11-20(12-10-18)29-34(32,33)21-13-14-24-22(15-21)25(30)23(16-27-24)26(31)28-17(2)19-7-5-4-6-8-19/h4-17,29H,3H2,1-2H3,(H,27,30)(H,28,31)/t17-/m1/s1. The lowest BCUT2D eigenvalue weighted by Gasteiger charge is -2.14. The van der Waals surface area contributed by atoms with Crippen LogP contribution in [0.3, 0.4) is 0 Å². The van der Waals surface area contributed by atoms with E-state index in [9.17, 15) is 18.0 Å². The minimum absolute atomic E-state index is 0.0692. The Balaban J connectivity index is 1.63. The largest absolute Gasteiger partial charge is 0.360 e. The van der Waals surface area contributed by atoms with E-state index in [4.69, 9.17) is 0 Å². The maximum atomic E-state index is 13.1. The zero-order valence-electron chi connectivity index (χ0n) is 18.8. The van der Waals surface area contributed by atoms with Crippen molar-refractivity contribution in [2.24, 2.45) is 0 Å². The number of carbonyl (C=O) groups excluding carboxylic acids is 1. The summed E-state index contributed by atoms with van der Waals surface area (Å²) in [5.41, 5.74) is 2.22. The van der Waals surface area contributed by atoms with Crippen molar-refractivity contribution in [3.05, 3.63) is 106 Å². The van der Waals surface area contributed by atoms with Crippen LogP contribution >= 0.6 is 0 Å². The molecular weight excluding hydrogens is 450 g/mol. The van der Waals surface area contributed by atoms with Crippen LogP contribution in [0.15, 0.2) is 88.7 Å². The van der Waals surface area contributed by atoms with E-state index in [1.165, 1.54) is 24.4 Å². The first-order valence-electron chi connectivity index (χ1n) is 10.9. The van der Waals surface area contributed by atoms with Gasteiger partial charge in [0.05, 0.1) is 10.9 Å². The van der Waals surface area contributed by atoms with Gasteiger partial charge in [-0.15, -0.1) is 0 Å². The normalized spacial score (nSPS) is 12.3. The fraction of sp³-hybridized carbons (Fsp3) is 0.154. The van der Waals surface area contributed by atoms with E-state index in [2.05, 4.69) is 15.0 Å². The van der Waals surface area contributed by atoms with Gasteiger partial charge in [0.1, 0.15) is 5.56 Å². The third-order valence-corrected chi connectivity index (χ3v) is 7.05. The molecule has 1 atom stereocenters. The second kappa shape index (κ2) is 9.52. The highest BCUT2D eigenvalue weighted by atomic mass is 32.2. The summed E-state index contributed by atoms with van der Waals surface area (Å²) in [6.45, 7) is 3.84. The molecule has 4 aromatic rings. The molecule has 174 valence electrons. The van der Waals surface area contributed by atoms with Crippen LogP contribution in [0.2, 0.25) is 0 Å². The number of hydrogen-bond donors (Lipinski definition) is 3. The summed E-state index contributed by atoms with van der Waals surface area (Å²) >= 11 is 0. The first-order chi connectivity index (χ1) is 16.3. The van der Waals surface area contributed by atoms with E-state index in [0.717, 1.165) is 17.5 Å². The molecule has 34 heavy (non-hydrogen) atoms. The van der Waals surface area contributed by atoms with Crippen molar-refractivity contribution in [1.29, 1.82) is 0 Å². The second-order valence-electron chi connectivity index (χ2n) is 8.00. The number of sulfonamides is 1. The third kappa shape index (κ3) is 4.87. The number of hydrogen-bond acceptors (Lipinski definition) is 4. The summed E-state index contributed by atoms with van der Waals surface area (Å²) in [7, 11) is -3.93. The number of anilines is 1. The molecule has 7 nitrogen and oxygen atoms in total. The van der Waals surface area contributed by atoms with E-state index in [-0.39, 0.29) is 21.9 Å². The van der Waals surface area contributed by atoms with Crippen molar-refractivity contribution in [2.45, 2.75) is 31.2 Å². The van der Waals surface area contributed by atoms with Gasteiger partial charge in [-0.05, 0) is 54.8 Å². The van der Waals surface area contributed by atoms with Crippen LogP contribution in [0, 0.1) is 0 Å². The van der Waals surface area contributed by atoms with E-state index in [1.807, 2.05) is 56.3 Å². The van der Waals surface area contributed by atoms with Crippen LogP contribution in [0.1, 0.15) is 41.4 Å². The smallest absolute Gasteiger partial charge is 0.261 e. The van der Waals surface area contributed by atoms with Gasteiger partial charge in [-0.1, -0.05) is 49.4 Å². The summed E-state index contributed by atoms with van der Waals surface area (Å²) in [6, 6.07) is 20.4. The van der Waals surface area contributed by atoms with E-state index >= 15 is 0 Å². The van der Waals surface area contributed by atoms with E-state index in [0.29, 0.717) is 11.2 Å². The van der Waals surface area contributed by atoms with Crippen LogP contribution in [-0.2, 0) is 16.4 Å². The molecule has 3 N–H and O–H groups in total. The van der Waals surface area contributed by atoms with Crippen LogP contribution in [0.25, 0.3) is 10.9 Å². The Morgan fingerprint density at radius 1 is 1.00 bits per heavy atom. The molecule has 0 aliphatic rings. The lowest BCUT2D eigenvalue weighted by atomic mass is 10.1. The molecule has 4 rings (SSSR count). The Bertz CT molecular complexity index is 1500. The highest BCUT2D eigenvalue weighted by Gasteiger charge is 2.19. The quantitative estimate of drug-likeness (QED) is 0.369. The van der Waals surface area contributed by atoms with Gasteiger partial charge in [0.2, 0.25) is 5.43 Å². The number of H-pyrrole nitrogens is 1. The number of amides is 1. The maximum Gasteiger partial charge on any atom is 0.261 e. The van der Waals surface area contributed by atoms with Gasteiger partial charge < -0.3 is 10.3 Å². The Kier molecular flexibility index (Phi) is 6.51. The Labute approximate surface area is 197 Å². The summed E-state index contributed by atoms with van der Waals surface area (Å²) in [5.74, 6) is -0.540. The van der Waals surface area contributed by atoms with Crippen LogP contribution < -0.4 is 15.5 Å². The zero-order chi connectivity index (χ0) is 24.3. The first-order valence-corrected chi connectivity index (χ1v) is 12.4. The summed E-state index contributed by atoms with van der Waals surface area (Å²) < 4.78 is 28.4. The molecule has 1 heterocycles. The van der Waals surface area contributed by atoms with Crippen molar-refractivity contribution >= 4 is 32.5 Å². The lowest BCUT2D eigenvalue weighted by molar-refractivity contribution is 0.0938. The Hall–Kier alpha value is -3.91. The lowest BCUT2D eigenvalue weighted by Crippen LogP contribution is -2.31. The number of pyridine rings is 1. The summed E-state index contributed by atoms with van der Waals surface area (Å²) in [6.07, 6.45) is 2.19. The minimum Gasteiger partial charge on any atom is -0.360 e. The molecule has 1 amide bonds. The second-order valence-corrected chi connectivity index (χ2v) is 9.68. The molecule has 1 aromatic heterocycles. The average Bonchev–Trinajstić information content (AvgIpc) is 2.84. The summed E-state index contributed by atoms with van der Waals surface area (Å²) in [5, 5.41) is 2.93. The number of rotatable bonds is 7. The van der Waals surface area contributed by atoms with Gasteiger partial charge >= 0.3 is 0 Å². The van der Waals surface area contributed by atoms with Crippen LogP contribution in [0.4, 0.5) is 5.69 Å². The number of carbonyl (C=O) groups is 1. The number of aromatic amines is 1. The van der Waals surface area contributed by atoms with Crippen LogP contribution in [0.5, 0.6) is 0 Å². The first kappa shape index (κ1) is 23.3. The van der Waals surface area contributed by atoms with Gasteiger partial charge in [-0.3, -0.25) is 14.3 Å². The number of aryl methyl sites for hydroxylation is 1. The molecule has 0 saturated heterocycles. The van der Waals surface area contributed by atoms with Crippen molar-refractivity contribution in [3.8, 4) is 0 Å². The fourth-order valence-corrected chi connectivity index (χ4v) is 4.74. The van der Waals surface area contributed by atoms with Crippen LogP contribution in [-0.4, -0.2) is 19.3 Å². The molecule has 0 saturated carbocycles. The molecule has 0 radical (unpaired) electrons. The molecule has 0 aliphatic carbocycles. The molecule has 3 aromatic carbocycles. The highest BCUT2D eigenvalue weighted by Crippen LogP contribution is 2.20.